The molecule has 34 heavy (non-hydrogen) atoms. The molecule has 5 nitrogen and oxygen atoms in total. The van der Waals surface area contributed by atoms with Gasteiger partial charge in [-0.2, -0.15) is 0 Å². The summed E-state index contributed by atoms with van der Waals surface area (Å²) in [6.45, 7) is 12.5. The third-order valence-corrected chi connectivity index (χ3v) is 5.57. The average Bonchev–Trinajstić information content (AvgIpc) is 2.77. The molecule has 2 N–H and O–H groups in total. The third kappa shape index (κ3) is 6.70. The second kappa shape index (κ2) is 10.6. The first-order chi connectivity index (χ1) is 16.0. The fourth-order valence-corrected chi connectivity index (χ4v) is 3.58. The van der Waals surface area contributed by atoms with Crippen molar-refractivity contribution in [1.82, 2.24) is 0 Å². The lowest BCUT2D eigenvalue weighted by Crippen LogP contribution is -2.21. The van der Waals surface area contributed by atoms with Gasteiger partial charge < -0.3 is 15.4 Å². The van der Waals surface area contributed by atoms with Crippen LogP contribution >= 0.6 is 0 Å². The molecule has 0 aliphatic carbocycles. The number of anilines is 2. The van der Waals surface area contributed by atoms with E-state index in [1.54, 1.807) is 24.3 Å². The van der Waals surface area contributed by atoms with Crippen LogP contribution in [0.3, 0.4) is 0 Å². The number of benzene rings is 3. The van der Waals surface area contributed by atoms with E-state index in [-0.39, 0.29) is 23.8 Å². The molecule has 178 valence electrons. The van der Waals surface area contributed by atoms with E-state index in [0.717, 1.165) is 16.9 Å². The molecule has 3 aromatic carbocycles. The molecular weight excluding hydrogens is 424 g/mol. The Morgan fingerprint density at radius 1 is 0.882 bits per heavy atom. The maximum Gasteiger partial charge on any atom is 0.262 e. The zero-order valence-corrected chi connectivity index (χ0v) is 20.9. The van der Waals surface area contributed by atoms with Gasteiger partial charge in [0.25, 0.3) is 11.8 Å². The molecule has 0 saturated heterocycles. The van der Waals surface area contributed by atoms with Gasteiger partial charge in [-0.15, -0.1) is 0 Å². The van der Waals surface area contributed by atoms with Crippen molar-refractivity contribution >= 4 is 23.2 Å². The number of nitrogens with one attached hydrogen (secondary N) is 2. The first-order valence-corrected chi connectivity index (χ1v) is 11.6. The molecule has 5 heteroatoms. The Morgan fingerprint density at radius 3 is 2.15 bits per heavy atom. The monoisotopic (exact) mass is 458 g/mol. The maximum absolute atomic E-state index is 12.7. The van der Waals surface area contributed by atoms with Gasteiger partial charge in [0.05, 0.1) is 0 Å². The first kappa shape index (κ1) is 25.0. The minimum absolute atomic E-state index is 0.0287. The van der Waals surface area contributed by atoms with Gasteiger partial charge in [0.15, 0.2) is 6.61 Å². The van der Waals surface area contributed by atoms with Crippen molar-refractivity contribution in [2.24, 2.45) is 0 Å². The third-order valence-electron chi connectivity index (χ3n) is 5.57. The van der Waals surface area contributed by atoms with Crippen molar-refractivity contribution in [3.05, 3.63) is 89.0 Å². The average molecular weight is 459 g/mol. The van der Waals surface area contributed by atoms with Gasteiger partial charge in [0.2, 0.25) is 0 Å². The van der Waals surface area contributed by atoms with Crippen molar-refractivity contribution in [1.29, 1.82) is 0 Å². The number of amides is 2. The summed E-state index contributed by atoms with van der Waals surface area (Å²) in [6, 6.07) is 20.7. The number of carbonyl (C=O) groups is 2. The summed E-state index contributed by atoms with van der Waals surface area (Å²) < 4.78 is 5.82. The fraction of sp³-hybridized carbons (Fsp3) is 0.310. The predicted molar refractivity (Wildman–Crippen MR) is 139 cm³/mol. The van der Waals surface area contributed by atoms with Crippen molar-refractivity contribution in [3.63, 3.8) is 0 Å². The number of rotatable bonds is 7. The minimum Gasteiger partial charge on any atom is -0.483 e. The van der Waals surface area contributed by atoms with E-state index in [2.05, 4.69) is 45.3 Å². The van der Waals surface area contributed by atoms with Crippen LogP contribution in [0.1, 0.15) is 67.6 Å². The maximum atomic E-state index is 12.7. The van der Waals surface area contributed by atoms with Gasteiger partial charge >= 0.3 is 0 Å². The molecule has 0 aliphatic rings. The fourth-order valence-electron chi connectivity index (χ4n) is 3.58. The zero-order chi connectivity index (χ0) is 24.9. The van der Waals surface area contributed by atoms with Gasteiger partial charge in [-0.1, -0.05) is 65.0 Å². The molecule has 0 heterocycles. The Kier molecular flexibility index (Phi) is 7.77. The standard InChI is InChI=1S/C29H34N2O3/c1-19(2)25-15-10-20(3)16-26(25)34-18-27(32)30-23-8-7-9-24(17-23)31-28(33)21-11-13-22(14-12-21)29(4,5)6/h7-17,19H,18H2,1-6H3,(H,30,32)(H,31,33). The summed E-state index contributed by atoms with van der Waals surface area (Å²) in [5, 5.41) is 5.73. The summed E-state index contributed by atoms with van der Waals surface area (Å²) >= 11 is 0. The molecule has 0 aromatic heterocycles. The highest BCUT2D eigenvalue weighted by Gasteiger charge is 2.15. The first-order valence-electron chi connectivity index (χ1n) is 11.6. The number of aryl methyl sites for hydroxylation is 1. The van der Waals surface area contributed by atoms with Gasteiger partial charge in [0, 0.05) is 16.9 Å². The number of hydrogen-bond acceptors (Lipinski definition) is 3. The van der Waals surface area contributed by atoms with Crippen LogP contribution in [0.5, 0.6) is 5.75 Å². The van der Waals surface area contributed by atoms with Gasteiger partial charge in [0.1, 0.15) is 5.75 Å². The number of carbonyl (C=O) groups excluding carboxylic acids is 2. The van der Waals surface area contributed by atoms with Crippen molar-refractivity contribution in [2.45, 2.75) is 52.9 Å². The van der Waals surface area contributed by atoms with Crippen LogP contribution in [0.4, 0.5) is 11.4 Å². The van der Waals surface area contributed by atoms with Crippen LogP contribution in [0.2, 0.25) is 0 Å². The predicted octanol–water partition coefficient (Wildman–Crippen LogP) is 6.69. The van der Waals surface area contributed by atoms with Crippen LogP contribution in [0.25, 0.3) is 0 Å². The molecule has 0 atom stereocenters. The Morgan fingerprint density at radius 2 is 1.53 bits per heavy atom. The Bertz CT molecular complexity index is 1160. The van der Waals surface area contributed by atoms with Crippen molar-refractivity contribution in [2.75, 3.05) is 17.2 Å². The molecule has 0 saturated carbocycles. The Labute approximate surface area is 202 Å². The van der Waals surface area contributed by atoms with Gasteiger partial charge in [-0.05, 0) is 71.3 Å². The van der Waals surface area contributed by atoms with E-state index < -0.39 is 0 Å². The van der Waals surface area contributed by atoms with E-state index in [4.69, 9.17) is 4.74 Å². The molecule has 0 radical (unpaired) electrons. The highest BCUT2D eigenvalue weighted by atomic mass is 16.5. The minimum atomic E-state index is -0.266. The molecule has 0 aliphatic heterocycles. The molecule has 0 fully saturated rings. The van der Waals surface area contributed by atoms with E-state index in [9.17, 15) is 9.59 Å². The lowest BCUT2D eigenvalue weighted by Gasteiger charge is -2.19. The topological polar surface area (TPSA) is 67.4 Å². The van der Waals surface area contributed by atoms with Crippen LogP contribution < -0.4 is 15.4 Å². The second-order valence-corrected chi connectivity index (χ2v) is 9.90. The van der Waals surface area contributed by atoms with E-state index in [0.29, 0.717) is 22.9 Å². The lowest BCUT2D eigenvalue weighted by atomic mass is 9.87. The van der Waals surface area contributed by atoms with Crippen LogP contribution in [-0.4, -0.2) is 18.4 Å². The number of ether oxygens (including phenoxy) is 1. The summed E-state index contributed by atoms with van der Waals surface area (Å²) in [5.74, 6) is 0.553. The van der Waals surface area contributed by atoms with Crippen LogP contribution in [-0.2, 0) is 10.2 Å². The van der Waals surface area contributed by atoms with Gasteiger partial charge in [-0.3, -0.25) is 9.59 Å². The van der Waals surface area contributed by atoms with E-state index >= 15 is 0 Å². The molecule has 2 amide bonds. The molecule has 0 bridgehead atoms. The van der Waals surface area contributed by atoms with Crippen LogP contribution in [0.15, 0.2) is 66.7 Å². The molecule has 3 aromatic rings. The normalized spacial score (nSPS) is 11.3. The lowest BCUT2D eigenvalue weighted by molar-refractivity contribution is -0.118. The Balaban J connectivity index is 1.61. The quantitative estimate of drug-likeness (QED) is 0.415. The summed E-state index contributed by atoms with van der Waals surface area (Å²) in [7, 11) is 0. The SMILES string of the molecule is Cc1ccc(C(C)C)c(OCC(=O)Nc2cccc(NC(=O)c3ccc(C(C)(C)C)cc3)c2)c1. The smallest absolute Gasteiger partial charge is 0.262 e. The van der Waals surface area contributed by atoms with Gasteiger partial charge in [-0.25, -0.2) is 0 Å². The zero-order valence-electron chi connectivity index (χ0n) is 20.9. The second-order valence-electron chi connectivity index (χ2n) is 9.90. The molecule has 0 unspecified atom stereocenters. The molecular formula is C29H34N2O3. The number of hydrogen-bond donors (Lipinski definition) is 2. The summed E-state index contributed by atoms with van der Waals surface area (Å²) in [6.07, 6.45) is 0. The highest BCUT2D eigenvalue weighted by Crippen LogP contribution is 2.27. The van der Waals surface area contributed by atoms with Crippen molar-refractivity contribution in [3.8, 4) is 5.75 Å². The van der Waals surface area contributed by atoms with Crippen LogP contribution in [0, 0.1) is 6.92 Å². The van der Waals surface area contributed by atoms with Crippen molar-refractivity contribution < 1.29 is 14.3 Å². The Hall–Kier alpha value is -3.60. The molecule has 3 rings (SSSR count). The summed E-state index contributed by atoms with van der Waals surface area (Å²) in [4.78, 5) is 25.2. The molecule has 0 spiro atoms. The largest absolute Gasteiger partial charge is 0.483 e. The highest BCUT2D eigenvalue weighted by molar-refractivity contribution is 6.04. The van der Waals surface area contributed by atoms with E-state index in [1.165, 1.54) is 5.56 Å². The summed E-state index contributed by atoms with van der Waals surface area (Å²) in [5.41, 5.74) is 5.11. The van der Waals surface area contributed by atoms with E-state index in [1.807, 2.05) is 49.4 Å².